The van der Waals surface area contributed by atoms with Gasteiger partial charge < -0.3 is 15.4 Å². The van der Waals surface area contributed by atoms with Crippen molar-refractivity contribution < 1.29 is 14.3 Å². The monoisotopic (exact) mass is 296 g/mol. The number of thiophene rings is 1. The number of methoxy groups -OCH3 is 1. The zero-order valence-electron chi connectivity index (χ0n) is 11.9. The number of carbonyl (C=O) groups is 2. The summed E-state index contributed by atoms with van der Waals surface area (Å²) in [5.74, 6) is -0.458. The van der Waals surface area contributed by atoms with Crippen LogP contribution in [-0.2, 0) is 11.2 Å². The molecule has 1 fully saturated rings. The molecule has 110 valence electrons. The molecule has 0 unspecified atom stereocenters. The number of amides is 1. The Morgan fingerprint density at radius 3 is 2.55 bits per heavy atom. The van der Waals surface area contributed by atoms with Crippen LogP contribution in [0.1, 0.15) is 51.8 Å². The number of nitrogens with two attached hydrogens (primary N) is 1. The summed E-state index contributed by atoms with van der Waals surface area (Å²) in [6, 6.07) is 0. The minimum atomic E-state index is -0.411. The van der Waals surface area contributed by atoms with E-state index in [1.807, 2.05) is 11.8 Å². The van der Waals surface area contributed by atoms with E-state index in [0.717, 1.165) is 49.3 Å². The second-order valence-corrected chi connectivity index (χ2v) is 5.94. The highest BCUT2D eigenvalue weighted by Crippen LogP contribution is 2.34. The highest BCUT2D eigenvalue weighted by Gasteiger charge is 2.29. The number of anilines is 1. The molecule has 1 saturated heterocycles. The number of ether oxygens (including phenoxy) is 1. The zero-order chi connectivity index (χ0) is 14.7. The summed E-state index contributed by atoms with van der Waals surface area (Å²) in [5, 5.41) is 0.422. The van der Waals surface area contributed by atoms with Crippen LogP contribution in [0.3, 0.4) is 0 Å². The van der Waals surface area contributed by atoms with Crippen LogP contribution < -0.4 is 5.73 Å². The molecule has 2 rings (SSSR count). The quantitative estimate of drug-likeness (QED) is 0.865. The summed E-state index contributed by atoms with van der Waals surface area (Å²) in [6.45, 7) is 3.56. The number of likely N-dealkylation sites (tertiary alicyclic amines) is 1. The first-order valence-corrected chi connectivity index (χ1v) is 7.70. The van der Waals surface area contributed by atoms with Crippen molar-refractivity contribution in [2.45, 2.75) is 32.6 Å². The van der Waals surface area contributed by atoms with Gasteiger partial charge in [-0.2, -0.15) is 0 Å². The number of carbonyl (C=O) groups excluding carboxylic acids is 2. The fraction of sp³-hybridized carbons (Fsp3) is 0.571. The summed E-state index contributed by atoms with van der Waals surface area (Å²) < 4.78 is 4.79. The molecule has 0 spiro atoms. The molecule has 1 aromatic rings. The Morgan fingerprint density at radius 2 is 2.00 bits per heavy atom. The van der Waals surface area contributed by atoms with Crippen LogP contribution in [0.4, 0.5) is 5.00 Å². The Bertz CT molecular complexity index is 519. The molecule has 1 amide bonds. The van der Waals surface area contributed by atoms with Crippen LogP contribution in [0.15, 0.2) is 0 Å². The molecular formula is C14H20N2O3S. The first kappa shape index (κ1) is 14.8. The van der Waals surface area contributed by atoms with Crippen molar-refractivity contribution in [1.29, 1.82) is 0 Å². The predicted molar refractivity (Wildman–Crippen MR) is 79.2 cm³/mol. The van der Waals surface area contributed by atoms with Gasteiger partial charge in [-0.25, -0.2) is 4.79 Å². The van der Waals surface area contributed by atoms with E-state index in [9.17, 15) is 9.59 Å². The van der Waals surface area contributed by atoms with E-state index in [4.69, 9.17) is 10.5 Å². The molecule has 6 heteroatoms. The van der Waals surface area contributed by atoms with Crippen molar-refractivity contribution >= 4 is 28.2 Å². The Labute approximate surface area is 122 Å². The lowest BCUT2D eigenvalue weighted by Crippen LogP contribution is -2.28. The minimum Gasteiger partial charge on any atom is -0.465 e. The second-order valence-electron chi connectivity index (χ2n) is 4.89. The average Bonchev–Trinajstić information content (AvgIpc) is 3.06. The van der Waals surface area contributed by atoms with Crippen molar-refractivity contribution in [3.8, 4) is 0 Å². The molecule has 0 aliphatic carbocycles. The van der Waals surface area contributed by atoms with E-state index >= 15 is 0 Å². The molecule has 0 saturated carbocycles. The van der Waals surface area contributed by atoms with Crippen molar-refractivity contribution in [1.82, 2.24) is 4.90 Å². The van der Waals surface area contributed by atoms with Crippen molar-refractivity contribution in [3.05, 3.63) is 16.0 Å². The van der Waals surface area contributed by atoms with Gasteiger partial charge in [-0.3, -0.25) is 4.79 Å². The molecule has 0 atom stereocenters. The first-order valence-electron chi connectivity index (χ1n) is 6.88. The third-order valence-corrected chi connectivity index (χ3v) is 4.55. The second kappa shape index (κ2) is 6.26. The normalized spacial score (nSPS) is 14.6. The maximum Gasteiger partial charge on any atom is 0.348 e. The molecule has 0 radical (unpaired) electrons. The number of esters is 1. The molecular weight excluding hydrogens is 276 g/mol. The van der Waals surface area contributed by atoms with Gasteiger partial charge in [0.25, 0.3) is 5.91 Å². The van der Waals surface area contributed by atoms with Gasteiger partial charge in [0.15, 0.2) is 0 Å². The summed E-state index contributed by atoms with van der Waals surface area (Å²) >= 11 is 1.16. The lowest BCUT2D eigenvalue weighted by atomic mass is 10.0. The number of nitrogen functional groups attached to an aromatic ring is 1. The van der Waals surface area contributed by atoms with Crippen LogP contribution in [0.5, 0.6) is 0 Å². The summed E-state index contributed by atoms with van der Waals surface area (Å²) in [5.41, 5.74) is 7.26. The molecule has 1 aromatic heterocycles. The fourth-order valence-corrected chi connectivity index (χ4v) is 3.57. The van der Waals surface area contributed by atoms with Crippen LogP contribution in [-0.4, -0.2) is 37.0 Å². The Hall–Kier alpha value is -1.56. The molecule has 2 heterocycles. The van der Waals surface area contributed by atoms with Crippen molar-refractivity contribution in [2.75, 3.05) is 25.9 Å². The molecule has 2 N–H and O–H groups in total. The summed E-state index contributed by atoms with van der Waals surface area (Å²) in [7, 11) is 1.34. The van der Waals surface area contributed by atoms with Crippen LogP contribution in [0.2, 0.25) is 0 Å². The third-order valence-electron chi connectivity index (χ3n) is 3.51. The van der Waals surface area contributed by atoms with Crippen molar-refractivity contribution in [2.24, 2.45) is 0 Å². The van der Waals surface area contributed by atoms with Gasteiger partial charge in [0.1, 0.15) is 4.88 Å². The van der Waals surface area contributed by atoms with E-state index in [-0.39, 0.29) is 5.91 Å². The van der Waals surface area contributed by atoms with E-state index in [1.54, 1.807) is 0 Å². The largest absolute Gasteiger partial charge is 0.465 e. The summed E-state index contributed by atoms with van der Waals surface area (Å²) in [4.78, 5) is 26.7. The molecule has 0 bridgehead atoms. The molecule has 0 aromatic carbocycles. The van der Waals surface area contributed by atoms with Crippen LogP contribution in [0.25, 0.3) is 0 Å². The maximum absolute atomic E-state index is 12.6. The van der Waals surface area contributed by atoms with Gasteiger partial charge in [0.05, 0.1) is 17.7 Å². The maximum atomic E-state index is 12.6. The van der Waals surface area contributed by atoms with E-state index in [1.165, 1.54) is 7.11 Å². The zero-order valence-corrected chi connectivity index (χ0v) is 12.7. The highest BCUT2D eigenvalue weighted by molar-refractivity contribution is 7.18. The topological polar surface area (TPSA) is 72.6 Å². The van der Waals surface area contributed by atoms with Gasteiger partial charge in [0, 0.05) is 13.1 Å². The minimum absolute atomic E-state index is 0.0464. The lowest BCUT2D eigenvalue weighted by Gasteiger charge is -2.16. The predicted octanol–water partition coefficient (Wildman–Crippen LogP) is 2.31. The molecule has 1 aliphatic heterocycles. The third kappa shape index (κ3) is 2.65. The van der Waals surface area contributed by atoms with Gasteiger partial charge in [-0.05, 0) is 24.8 Å². The van der Waals surface area contributed by atoms with Gasteiger partial charge in [-0.15, -0.1) is 11.3 Å². The average molecular weight is 296 g/mol. The van der Waals surface area contributed by atoms with E-state index in [0.29, 0.717) is 21.9 Å². The molecule has 1 aliphatic rings. The lowest BCUT2D eigenvalue weighted by molar-refractivity contribution is 0.0605. The molecule has 5 nitrogen and oxygen atoms in total. The van der Waals surface area contributed by atoms with E-state index < -0.39 is 5.97 Å². The summed E-state index contributed by atoms with van der Waals surface area (Å²) in [6.07, 6.45) is 3.57. The SMILES string of the molecule is CCCc1c(C(=O)OC)sc(N)c1C(=O)N1CCCC1. The Morgan fingerprint density at radius 1 is 1.35 bits per heavy atom. The number of hydrogen-bond donors (Lipinski definition) is 1. The molecule has 20 heavy (non-hydrogen) atoms. The van der Waals surface area contributed by atoms with Crippen molar-refractivity contribution in [3.63, 3.8) is 0 Å². The Balaban J connectivity index is 2.42. The number of hydrogen-bond acceptors (Lipinski definition) is 5. The smallest absolute Gasteiger partial charge is 0.348 e. The first-order chi connectivity index (χ1) is 9.60. The number of rotatable bonds is 4. The van der Waals surface area contributed by atoms with Gasteiger partial charge in [-0.1, -0.05) is 13.3 Å². The van der Waals surface area contributed by atoms with E-state index in [2.05, 4.69) is 0 Å². The van der Waals surface area contributed by atoms with Crippen LogP contribution >= 0.6 is 11.3 Å². The Kier molecular flexibility index (Phi) is 4.65. The van der Waals surface area contributed by atoms with Crippen LogP contribution in [0, 0.1) is 0 Å². The highest BCUT2D eigenvalue weighted by atomic mass is 32.1. The fourth-order valence-electron chi connectivity index (χ4n) is 2.54. The van der Waals surface area contributed by atoms with Gasteiger partial charge >= 0.3 is 5.97 Å². The standard InChI is InChI=1S/C14H20N2O3S/c1-3-6-9-10(13(17)16-7-4-5-8-16)12(15)20-11(9)14(18)19-2/h3-8,15H2,1-2H3. The number of nitrogens with zero attached hydrogens (tertiary/aromatic N) is 1. The van der Waals surface area contributed by atoms with Gasteiger partial charge in [0.2, 0.25) is 0 Å².